The van der Waals surface area contributed by atoms with Crippen LogP contribution in [0.4, 0.5) is 0 Å². The second-order valence-electron chi connectivity index (χ2n) is 8.60. The normalized spacial score (nSPS) is 33.0. The van der Waals surface area contributed by atoms with Gasteiger partial charge in [0.15, 0.2) is 5.03 Å². The maximum Gasteiger partial charge on any atom is 0.255 e. The van der Waals surface area contributed by atoms with Crippen LogP contribution in [0.2, 0.25) is 0 Å². The van der Waals surface area contributed by atoms with Gasteiger partial charge in [-0.1, -0.05) is 0 Å². The van der Waals surface area contributed by atoms with Gasteiger partial charge in [-0.15, -0.1) is 0 Å². The average molecular weight is 379 g/mol. The zero-order valence-electron chi connectivity index (χ0n) is 15.1. The van der Waals surface area contributed by atoms with E-state index in [2.05, 4.69) is 4.98 Å². The minimum absolute atomic E-state index is 0.142. The SMILES string of the molecule is CC1(C)CN(C(=O)c2ccc(S(N)(=O)=O)nc2)C[C@]2(C[C@@H]3CC[C@H]2C3)O1. The Hall–Kier alpha value is -1.51. The van der Waals surface area contributed by atoms with Gasteiger partial charge < -0.3 is 9.64 Å². The number of pyridine rings is 1. The minimum Gasteiger partial charge on any atom is -0.365 e. The number of sulfonamides is 1. The molecule has 2 N–H and O–H groups in total. The van der Waals surface area contributed by atoms with E-state index >= 15 is 0 Å². The number of aromatic nitrogens is 1. The highest BCUT2D eigenvalue weighted by molar-refractivity contribution is 7.89. The van der Waals surface area contributed by atoms with Crippen LogP contribution in [0.15, 0.2) is 23.4 Å². The summed E-state index contributed by atoms with van der Waals surface area (Å²) in [6, 6.07) is 2.76. The molecule has 2 bridgehead atoms. The van der Waals surface area contributed by atoms with E-state index < -0.39 is 15.6 Å². The number of carbonyl (C=O) groups excluding carboxylic acids is 1. The second kappa shape index (κ2) is 5.74. The quantitative estimate of drug-likeness (QED) is 0.840. The number of amides is 1. The highest BCUT2D eigenvalue weighted by Gasteiger charge is 2.57. The lowest BCUT2D eigenvalue weighted by atomic mass is 9.81. The Labute approximate surface area is 154 Å². The van der Waals surface area contributed by atoms with Crippen molar-refractivity contribution >= 4 is 15.9 Å². The van der Waals surface area contributed by atoms with Crippen LogP contribution in [0.1, 0.15) is 49.9 Å². The zero-order valence-corrected chi connectivity index (χ0v) is 16.0. The molecule has 2 saturated carbocycles. The maximum atomic E-state index is 13.0. The number of nitrogens with two attached hydrogens (primary N) is 1. The minimum atomic E-state index is -3.87. The van der Waals surface area contributed by atoms with E-state index in [0.29, 0.717) is 30.5 Å². The highest BCUT2D eigenvalue weighted by atomic mass is 32.2. The number of hydrogen-bond donors (Lipinski definition) is 1. The van der Waals surface area contributed by atoms with Crippen molar-refractivity contribution in [3.05, 3.63) is 23.9 Å². The van der Waals surface area contributed by atoms with E-state index in [4.69, 9.17) is 9.88 Å². The van der Waals surface area contributed by atoms with Crippen molar-refractivity contribution in [1.82, 2.24) is 9.88 Å². The fourth-order valence-corrected chi connectivity index (χ4v) is 5.62. The van der Waals surface area contributed by atoms with Gasteiger partial charge in [0.25, 0.3) is 15.9 Å². The van der Waals surface area contributed by atoms with Crippen LogP contribution in [0, 0.1) is 11.8 Å². The molecule has 2 aliphatic carbocycles. The molecule has 3 atom stereocenters. The van der Waals surface area contributed by atoms with Crippen LogP contribution >= 0.6 is 0 Å². The number of fused-ring (bicyclic) bond motifs is 3. The van der Waals surface area contributed by atoms with E-state index in [1.54, 1.807) is 0 Å². The summed E-state index contributed by atoms with van der Waals surface area (Å²) in [6.45, 7) is 5.15. The number of nitrogens with zero attached hydrogens (tertiary/aromatic N) is 2. The second-order valence-corrected chi connectivity index (χ2v) is 10.1. The van der Waals surface area contributed by atoms with Crippen molar-refractivity contribution in [1.29, 1.82) is 0 Å². The van der Waals surface area contributed by atoms with E-state index in [1.807, 2.05) is 18.7 Å². The summed E-state index contributed by atoms with van der Waals surface area (Å²) >= 11 is 0. The molecule has 1 amide bonds. The molecule has 8 heteroatoms. The van der Waals surface area contributed by atoms with Crippen molar-refractivity contribution in [3.63, 3.8) is 0 Å². The molecular weight excluding hydrogens is 354 g/mol. The first kappa shape index (κ1) is 17.9. The summed E-state index contributed by atoms with van der Waals surface area (Å²) in [5.41, 5.74) is -0.283. The van der Waals surface area contributed by atoms with Crippen molar-refractivity contribution < 1.29 is 17.9 Å². The van der Waals surface area contributed by atoms with E-state index in [9.17, 15) is 13.2 Å². The van der Waals surface area contributed by atoms with E-state index in [1.165, 1.54) is 37.6 Å². The third kappa shape index (κ3) is 3.04. The van der Waals surface area contributed by atoms with Crippen LogP contribution in [-0.4, -0.2) is 48.5 Å². The number of carbonyl (C=O) groups is 1. The van der Waals surface area contributed by atoms with Gasteiger partial charge in [-0.25, -0.2) is 18.5 Å². The van der Waals surface area contributed by atoms with Crippen molar-refractivity contribution in [2.24, 2.45) is 17.0 Å². The lowest BCUT2D eigenvalue weighted by molar-refractivity contribution is -0.208. The monoisotopic (exact) mass is 379 g/mol. The molecule has 3 fully saturated rings. The Morgan fingerprint density at radius 2 is 2.08 bits per heavy atom. The first-order valence-corrected chi connectivity index (χ1v) is 10.6. The number of ether oxygens (including phenoxy) is 1. The average Bonchev–Trinajstić information content (AvgIpc) is 3.12. The third-order valence-corrected chi connectivity index (χ3v) is 6.82. The van der Waals surface area contributed by atoms with Crippen molar-refractivity contribution in [2.75, 3.05) is 13.1 Å². The molecule has 1 aliphatic heterocycles. The van der Waals surface area contributed by atoms with Gasteiger partial charge >= 0.3 is 0 Å². The van der Waals surface area contributed by atoms with Crippen LogP contribution in [0.5, 0.6) is 0 Å². The predicted octanol–water partition coefficient (Wildman–Crippen LogP) is 1.54. The molecule has 0 aromatic carbocycles. The Balaban J connectivity index is 1.59. The van der Waals surface area contributed by atoms with Gasteiger partial charge in [0.2, 0.25) is 0 Å². The van der Waals surface area contributed by atoms with Gasteiger partial charge in [0.1, 0.15) is 0 Å². The first-order valence-electron chi connectivity index (χ1n) is 9.06. The Kier molecular flexibility index (Phi) is 3.95. The summed E-state index contributed by atoms with van der Waals surface area (Å²) < 4.78 is 29.2. The maximum absolute atomic E-state index is 13.0. The first-order chi connectivity index (χ1) is 12.1. The molecule has 3 aliphatic rings. The predicted molar refractivity (Wildman–Crippen MR) is 94.9 cm³/mol. The fourth-order valence-electron chi connectivity index (χ4n) is 5.17. The van der Waals surface area contributed by atoms with Crippen molar-refractivity contribution in [2.45, 2.75) is 55.8 Å². The molecule has 142 valence electrons. The summed E-state index contributed by atoms with van der Waals surface area (Å²) in [5, 5.41) is 4.84. The van der Waals surface area contributed by atoms with Crippen molar-refractivity contribution in [3.8, 4) is 0 Å². The standard InChI is InChI=1S/C18H25N3O4S/c1-17(2)10-21(11-18(25-17)8-12-3-5-14(18)7-12)16(22)13-4-6-15(20-9-13)26(19,23)24/h4,6,9,12,14H,3,5,7-8,10-11H2,1-2H3,(H2,19,23,24)/t12-,14+,18+/m1/s1. The van der Waals surface area contributed by atoms with Gasteiger partial charge in [0, 0.05) is 12.7 Å². The van der Waals surface area contributed by atoms with Gasteiger partial charge in [-0.3, -0.25) is 4.79 Å². The Morgan fingerprint density at radius 3 is 2.62 bits per heavy atom. The van der Waals surface area contributed by atoms with Crippen LogP contribution < -0.4 is 5.14 Å². The molecule has 7 nitrogen and oxygen atoms in total. The van der Waals surface area contributed by atoms with Crippen LogP contribution in [-0.2, 0) is 14.8 Å². The summed E-state index contributed by atoms with van der Waals surface area (Å²) in [6.07, 6.45) is 5.95. The number of rotatable bonds is 2. The van der Waals surface area contributed by atoms with E-state index in [0.717, 1.165) is 6.42 Å². The molecule has 0 radical (unpaired) electrons. The molecule has 2 heterocycles. The lowest BCUT2D eigenvalue weighted by Gasteiger charge is -2.52. The van der Waals surface area contributed by atoms with Gasteiger partial charge in [-0.2, -0.15) is 0 Å². The Morgan fingerprint density at radius 1 is 1.31 bits per heavy atom. The van der Waals surface area contributed by atoms with Crippen LogP contribution in [0.25, 0.3) is 0 Å². The molecule has 1 saturated heterocycles. The van der Waals surface area contributed by atoms with Gasteiger partial charge in [0.05, 0.1) is 23.3 Å². The molecule has 4 rings (SSSR count). The zero-order chi connectivity index (χ0) is 18.7. The molecule has 1 aromatic rings. The Bertz CT molecular complexity index is 836. The third-order valence-electron chi connectivity index (χ3n) is 5.99. The number of hydrogen-bond acceptors (Lipinski definition) is 5. The largest absolute Gasteiger partial charge is 0.365 e. The van der Waals surface area contributed by atoms with Crippen LogP contribution in [0.3, 0.4) is 0 Å². The number of morpholine rings is 1. The topological polar surface area (TPSA) is 103 Å². The smallest absolute Gasteiger partial charge is 0.255 e. The molecule has 1 aromatic heterocycles. The molecule has 1 spiro atoms. The molecular formula is C18H25N3O4S. The highest BCUT2D eigenvalue weighted by Crippen LogP contribution is 2.55. The van der Waals surface area contributed by atoms with Gasteiger partial charge in [-0.05, 0) is 63.5 Å². The summed E-state index contributed by atoms with van der Waals surface area (Å²) in [5.74, 6) is 1.09. The summed E-state index contributed by atoms with van der Waals surface area (Å²) in [4.78, 5) is 18.7. The molecule has 26 heavy (non-hydrogen) atoms. The summed E-state index contributed by atoms with van der Waals surface area (Å²) in [7, 11) is -3.87. The fraction of sp³-hybridized carbons (Fsp3) is 0.667. The lowest BCUT2D eigenvalue weighted by Crippen LogP contribution is -2.62. The van der Waals surface area contributed by atoms with E-state index in [-0.39, 0.29) is 16.5 Å². The number of primary sulfonamides is 1. The molecule has 0 unspecified atom stereocenters.